The van der Waals surface area contributed by atoms with Crippen molar-refractivity contribution < 1.29 is 4.79 Å². The molecule has 2 aromatic carbocycles. The summed E-state index contributed by atoms with van der Waals surface area (Å²) in [5.74, 6) is 0.725. The van der Waals surface area contributed by atoms with E-state index >= 15 is 0 Å². The van der Waals surface area contributed by atoms with Gasteiger partial charge in [0.2, 0.25) is 5.95 Å². The van der Waals surface area contributed by atoms with E-state index in [1.54, 1.807) is 23.1 Å². The summed E-state index contributed by atoms with van der Waals surface area (Å²) in [6.45, 7) is 5.44. The van der Waals surface area contributed by atoms with E-state index < -0.39 is 0 Å². The Bertz CT molecular complexity index is 1200. The van der Waals surface area contributed by atoms with E-state index in [2.05, 4.69) is 44.6 Å². The van der Waals surface area contributed by atoms with Crippen LogP contribution in [0.5, 0.6) is 0 Å². The minimum Gasteiger partial charge on any atom is -0.366 e. The summed E-state index contributed by atoms with van der Waals surface area (Å²) < 4.78 is 0. The predicted molar refractivity (Wildman–Crippen MR) is 138 cm³/mol. The molecule has 0 saturated carbocycles. The van der Waals surface area contributed by atoms with Crippen LogP contribution in [0.2, 0.25) is 10.0 Å². The number of benzene rings is 2. The second kappa shape index (κ2) is 9.29. The first-order valence-corrected chi connectivity index (χ1v) is 11.9. The molecular formula is C24H25Cl2N7O. The van der Waals surface area contributed by atoms with Crippen LogP contribution in [-0.2, 0) is 0 Å². The lowest BCUT2D eigenvalue weighted by molar-refractivity contribution is 0.0982. The number of hydrogen-bond acceptors (Lipinski definition) is 7. The first kappa shape index (κ1) is 22.7. The van der Waals surface area contributed by atoms with Gasteiger partial charge in [0.25, 0.3) is 5.91 Å². The van der Waals surface area contributed by atoms with Crippen LogP contribution < -0.4 is 25.3 Å². The lowest BCUT2D eigenvalue weighted by Crippen LogP contribution is -2.49. The van der Waals surface area contributed by atoms with Crippen molar-refractivity contribution in [3.8, 4) is 0 Å². The number of hydrogen-bond donors (Lipinski definition) is 2. The van der Waals surface area contributed by atoms with E-state index in [-0.39, 0.29) is 12.6 Å². The van der Waals surface area contributed by atoms with Gasteiger partial charge < -0.3 is 20.4 Å². The third kappa shape index (κ3) is 4.24. The summed E-state index contributed by atoms with van der Waals surface area (Å²) in [5, 5.41) is 7.48. The molecule has 0 unspecified atom stereocenters. The molecule has 1 saturated heterocycles. The highest BCUT2D eigenvalue weighted by molar-refractivity contribution is 6.40. The molecule has 2 aliphatic heterocycles. The van der Waals surface area contributed by atoms with Crippen molar-refractivity contribution in [1.82, 2.24) is 15.3 Å². The number of aromatic nitrogens is 2. The molecule has 34 heavy (non-hydrogen) atoms. The number of halogens is 2. The average Bonchev–Trinajstić information content (AvgIpc) is 2.83. The third-order valence-electron chi connectivity index (χ3n) is 6.12. The van der Waals surface area contributed by atoms with E-state index in [0.717, 1.165) is 25.3 Å². The van der Waals surface area contributed by atoms with Crippen molar-refractivity contribution in [2.75, 3.05) is 53.4 Å². The lowest BCUT2D eigenvalue weighted by atomic mass is 10.1. The fourth-order valence-corrected chi connectivity index (χ4v) is 4.97. The van der Waals surface area contributed by atoms with Crippen molar-refractivity contribution in [1.29, 1.82) is 0 Å². The smallest absolute Gasteiger partial charge is 0.265 e. The van der Waals surface area contributed by atoms with Crippen molar-refractivity contribution >= 4 is 57.9 Å². The molecule has 1 aromatic heterocycles. The van der Waals surface area contributed by atoms with Gasteiger partial charge in [-0.05, 0) is 43.3 Å². The maximum Gasteiger partial charge on any atom is 0.265 e. The second-order valence-corrected chi connectivity index (χ2v) is 9.31. The van der Waals surface area contributed by atoms with Gasteiger partial charge in [-0.1, -0.05) is 29.3 Å². The van der Waals surface area contributed by atoms with Crippen LogP contribution in [-0.4, -0.2) is 55.3 Å². The maximum absolute atomic E-state index is 13.2. The van der Waals surface area contributed by atoms with Crippen LogP contribution in [0.4, 0.5) is 28.8 Å². The van der Waals surface area contributed by atoms with E-state index in [0.29, 0.717) is 39.1 Å². The zero-order valence-corrected chi connectivity index (χ0v) is 20.4. The summed E-state index contributed by atoms with van der Waals surface area (Å²) in [5.41, 5.74) is 2.93. The number of nitrogens with one attached hydrogen (secondary N) is 2. The van der Waals surface area contributed by atoms with Crippen molar-refractivity contribution in [2.45, 2.75) is 13.0 Å². The van der Waals surface area contributed by atoms with Crippen molar-refractivity contribution in [2.24, 2.45) is 0 Å². The highest BCUT2D eigenvalue weighted by Gasteiger charge is 2.32. The largest absolute Gasteiger partial charge is 0.366 e. The van der Waals surface area contributed by atoms with Crippen LogP contribution >= 0.6 is 23.2 Å². The van der Waals surface area contributed by atoms with Crippen molar-refractivity contribution in [3.63, 3.8) is 0 Å². The Balaban J connectivity index is 1.36. The zero-order chi connectivity index (χ0) is 23.8. The highest BCUT2D eigenvalue weighted by atomic mass is 35.5. The van der Waals surface area contributed by atoms with Crippen LogP contribution in [0.1, 0.15) is 17.3 Å². The van der Waals surface area contributed by atoms with Gasteiger partial charge >= 0.3 is 0 Å². The number of amides is 1. The van der Waals surface area contributed by atoms with E-state index in [9.17, 15) is 4.79 Å². The summed E-state index contributed by atoms with van der Waals surface area (Å²) in [4.78, 5) is 28.0. The molecule has 3 heterocycles. The Morgan fingerprint density at radius 1 is 1.12 bits per heavy atom. The number of carbonyl (C=O) groups is 1. The monoisotopic (exact) mass is 497 g/mol. The van der Waals surface area contributed by atoms with Gasteiger partial charge in [-0.25, -0.2) is 4.98 Å². The van der Waals surface area contributed by atoms with E-state index in [4.69, 9.17) is 23.2 Å². The lowest BCUT2D eigenvalue weighted by Gasteiger charge is -2.36. The van der Waals surface area contributed by atoms with E-state index in [1.165, 1.54) is 11.9 Å². The molecule has 1 fully saturated rings. The summed E-state index contributed by atoms with van der Waals surface area (Å²) in [7, 11) is 1.86. The summed E-state index contributed by atoms with van der Waals surface area (Å²) >= 11 is 12.7. The molecule has 8 nitrogen and oxygen atoms in total. The fraction of sp³-hybridized carbons (Fsp3) is 0.292. The van der Waals surface area contributed by atoms with Gasteiger partial charge in [0, 0.05) is 50.3 Å². The molecule has 10 heteroatoms. The first-order valence-electron chi connectivity index (χ1n) is 11.1. The minimum atomic E-state index is -0.246. The number of para-hydroxylation sites is 1. The first-order chi connectivity index (χ1) is 16.4. The van der Waals surface area contributed by atoms with Crippen molar-refractivity contribution in [3.05, 3.63) is 64.3 Å². The van der Waals surface area contributed by atoms with Crippen LogP contribution in [0.3, 0.4) is 0 Å². The Morgan fingerprint density at radius 2 is 1.85 bits per heavy atom. The molecule has 0 bridgehead atoms. The third-order valence-corrected chi connectivity index (χ3v) is 6.73. The summed E-state index contributed by atoms with van der Waals surface area (Å²) in [6.07, 6.45) is 1.54. The van der Waals surface area contributed by atoms with Gasteiger partial charge in [-0.15, -0.1) is 0 Å². The molecule has 2 aliphatic rings. The van der Waals surface area contributed by atoms with Crippen LogP contribution in [0.15, 0.2) is 48.7 Å². The second-order valence-electron chi connectivity index (χ2n) is 8.49. The quantitative estimate of drug-likeness (QED) is 0.553. The number of fused-ring (bicyclic) bond motifs is 1. The number of anilines is 5. The molecule has 1 atom stereocenters. The molecule has 1 amide bonds. The topological polar surface area (TPSA) is 76.6 Å². The average molecular weight is 498 g/mol. The Kier molecular flexibility index (Phi) is 6.20. The molecule has 2 N–H and O–H groups in total. The molecule has 5 rings (SSSR count). The number of piperazine rings is 1. The molecular weight excluding hydrogens is 473 g/mol. The van der Waals surface area contributed by atoms with Gasteiger partial charge in [-0.2, -0.15) is 4.98 Å². The van der Waals surface area contributed by atoms with Gasteiger partial charge in [0.1, 0.15) is 11.4 Å². The highest BCUT2D eigenvalue weighted by Crippen LogP contribution is 2.37. The molecule has 176 valence electrons. The van der Waals surface area contributed by atoms with Crippen LogP contribution in [0, 0.1) is 0 Å². The Labute approximate surface area is 208 Å². The molecule has 0 aliphatic carbocycles. The summed E-state index contributed by atoms with van der Waals surface area (Å²) in [6, 6.07) is 13.9. The zero-order valence-electron chi connectivity index (χ0n) is 18.9. The predicted octanol–water partition coefficient (Wildman–Crippen LogP) is 4.38. The normalized spacial score (nSPS) is 18.2. The van der Waals surface area contributed by atoms with Gasteiger partial charge in [-0.3, -0.25) is 9.69 Å². The number of rotatable bonds is 4. The molecule has 3 aromatic rings. The molecule has 0 radical (unpaired) electrons. The maximum atomic E-state index is 13.2. The Morgan fingerprint density at radius 3 is 2.56 bits per heavy atom. The van der Waals surface area contributed by atoms with Gasteiger partial charge in [0.05, 0.1) is 22.4 Å². The fourth-order valence-electron chi connectivity index (χ4n) is 4.37. The minimum absolute atomic E-state index is 0.246. The number of nitrogens with zero attached hydrogens (tertiary/aromatic N) is 5. The van der Waals surface area contributed by atoms with Gasteiger partial charge in [0.15, 0.2) is 0 Å². The van der Waals surface area contributed by atoms with E-state index in [1.807, 2.05) is 24.1 Å². The number of carbonyl (C=O) groups excluding carboxylic acids is 1. The SMILES string of the molecule is C[C@H]1CNCCN1c1ccc(Nc2ncc3c(n2)N(C)CN(c2c(Cl)cccc2Cl)C3=O)cc1. The molecule has 0 spiro atoms. The standard InChI is InChI=1S/C24H25Cl2N7O/c1-15-12-27-10-11-32(15)17-8-6-16(7-9-17)29-24-28-13-18-22(30-24)31(2)14-33(23(18)34)21-19(25)4-3-5-20(21)26/h3-9,13,15,27H,10-12,14H2,1-2H3,(H,28,29,30)/t15-/m0/s1. The van der Waals surface area contributed by atoms with Crippen LogP contribution in [0.25, 0.3) is 0 Å². The Hall–Kier alpha value is -3.07.